The third-order valence-corrected chi connectivity index (χ3v) is 6.15. The number of imide groups is 1. The molecule has 0 aliphatic carbocycles. The summed E-state index contributed by atoms with van der Waals surface area (Å²) in [7, 11) is 0. The third-order valence-electron chi connectivity index (χ3n) is 5.22. The number of benzene rings is 2. The van der Waals surface area contributed by atoms with Crippen LogP contribution in [0.2, 0.25) is 0 Å². The molecule has 0 spiro atoms. The lowest BCUT2D eigenvalue weighted by Crippen LogP contribution is -2.36. The minimum atomic E-state index is -1.03. The minimum absolute atomic E-state index is 0.163. The predicted octanol–water partition coefficient (Wildman–Crippen LogP) is 6.01. The summed E-state index contributed by atoms with van der Waals surface area (Å²) in [6.45, 7) is 10.7. The average molecular weight is 525 g/mol. The molecule has 1 atom stereocenters. The van der Waals surface area contributed by atoms with Crippen LogP contribution in [0.5, 0.6) is 0 Å². The van der Waals surface area contributed by atoms with Gasteiger partial charge < -0.3 is 15.2 Å². The number of thioether (sulfide) groups is 1. The third kappa shape index (κ3) is 7.82. The molecule has 8 nitrogen and oxygen atoms in total. The van der Waals surface area contributed by atoms with E-state index in [2.05, 4.69) is 5.32 Å². The van der Waals surface area contributed by atoms with Gasteiger partial charge >= 0.3 is 5.97 Å². The first-order valence-corrected chi connectivity index (χ1v) is 12.7. The summed E-state index contributed by atoms with van der Waals surface area (Å²) in [6, 6.07) is 12.2. The Balaban J connectivity index is 0.00000235. The van der Waals surface area contributed by atoms with Crippen LogP contribution < -0.4 is 5.32 Å². The van der Waals surface area contributed by atoms with E-state index in [-0.39, 0.29) is 10.5 Å². The number of carboxylic acid groups (broad SMARTS) is 1. The predicted molar refractivity (Wildman–Crippen MR) is 146 cm³/mol. The molecule has 196 valence electrons. The summed E-state index contributed by atoms with van der Waals surface area (Å²) in [5, 5.41) is 11.5. The van der Waals surface area contributed by atoms with E-state index in [0.717, 1.165) is 22.2 Å². The van der Waals surface area contributed by atoms with Gasteiger partial charge in [0.05, 0.1) is 10.5 Å². The first-order valence-electron chi connectivity index (χ1n) is 11.9. The summed E-state index contributed by atoms with van der Waals surface area (Å²) in [4.78, 5) is 50.0. The molecule has 1 heterocycles. The van der Waals surface area contributed by atoms with Crippen molar-refractivity contribution in [3.63, 3.8) is 0 Å². The molecule has 9 heteroatoms. The molecule has 2 aromatic carbocycles. The van der Waals surface area contributed by atoms with Crippen LogP contribution in [0.4, 0.5) is 10.5 Å². The van der Waals surface area contributed by atoms with Gasteiger partial charge in [0.15, 0.2) is 0 Å². The fourth-order valence-corrected chi connectivity index (χ4v) is 4.29. The van der Waals surface area contributed by atoms with Crippen molar-refractivity contribution in [3.8, 4) is 0 Å². The van der Waals surface area contributed by atoms with E-state index in [0.29, 0.717) is 22.6 Å². The van der Waals surface area contributed by atoms with Crippen molar-refractivity contribution in [2.45, 2.75) is 47.6 Å². The molecule has 0 saturated carbocycles. The van der Waals surface area contributed by atoms with Crippen LogP contribution in [0.25, 0.3) is 5.76 Å². The SMILES string of the molecule is C/C=C(\OC(C)/C=C1/SC(=O)N(CC(=O)Nc2ccc(C)cc2)C1=O)c1ccc(C)c(C(=O)O)c1.CC. The van der Waals surface area contributed by atoms with E-state index in [1.165, 1.54) is 12.1 Å². The van der Waals surface area contributed by atoms with Crippen LogP contribution in [0, 0.1) is 13.8 Å². The molecule has 3 rings (SSSR count). The number of nitrogens with one attached hydrogen (secondary N) is 1. The van der Waals surface area contributed by atoms with Gasteiger partial charge in [-0.2, -0.15) is 0 Å². The molecule has 1 aliphatic rings. The van der Waals surface area contributed by atoms with Gasteiger partial charge in [0.1, 0.15) is 18.4 Å². The van der Waals surface area contributed by atoms with Gasteiger partial charge in [-0.3, -0.25) is 19.3 Å². The molecule has 1 unspecified atom stereocenters. The molecule has 1 aliphatic heterocycles. The van der Waals surface area contributed by atoms with Crippen molar-refractivity contribution in [1.82, 2.24) is 4.90 Å². The zero-order chi connectivity index (χ0) is 27.7. The molecule has 0 bridgehead atoms. The van der Waals surface area contributed by atoms with Gasteiger partial charge in [0, 0.05) is 11.3 Å². The van der Waals surface area contributed by atoms with Gasteiger partial charge in [-0.25, -0.2) is 4.79 Å². The number of carboxylic acids is 1. The zero-order valence-corrected chi connectivity index (χ0v) is 22.6. The number of amides is 3. The first kappa shape index (κ1) is 29.4. The van der Waals surface area contributed by atoms with E-state index in [9.17, 15) is 24.3 Å². The molecule has 1 saturated heterocycles. The molecule has 0 radical (unpaired) electrons. The van der Waals surface area contributed by atoms with Crippen molar-refractivity contribution < 1.29 is 29.0 Å². The molecular formula is C28H32N2O6S. The van der Waals surface area contributed by atoms with Crippen LogP contribution >= 0.6 is 11.8 Å². The Morgan fingerprint density at radius 3 is 2.35 bits per heavy atom. The van der Waals surface area contributed by atoms with Crippen molar-refractivity contribution in [2.75, 3.05) is 11.9 Å². The largest absolute Gasteiger partial charge is 0.486 e. The number of carbonyl (C=O) groups excluding carboxylic acids is 3. The number of nitrogens with zero attached hydrogens (tertiary/aromatic N) is 1. The monoisotopic (exact) mass is 524 g/mol. The lowest BCUT2D eigenvalue weighted by molar-refractivity contribution is -0.127. The second-order valence-corrected chi connectivity index (χ2v) is 9.01. The van der Waals surface area contributed by atoms with Gasteiger partial charge in [-0.1, -0.05) is 43.7 Å². The van der Waals surface area contributed by atoms with Crippen molar-refractivity contribution in [3.05, 3.63) is 81.8 Å². The number of aromatic carboxylic acids is 1. The summed E-state index contributed by atoms with van der Waals surface area (Å²) in [6.07, 6.45) is 2.61. The summed E-state index contributed by atoms with van der Waals surface area (Å²) in [5.74, 6) is -1.65. The maximum absolute atomic E-state index is 12.8. The highest BCUT2D eigenvalue weighted by Gasteiger charge is 2.36. The Bertz CT molecular complexity index is 1230. The molecule has 2 N–H and O–H groups in total. The zero-order valence-electron chi connectivity index (χ0n) is 21.8. The van der Waals surface area contributed by atoms with Crippen LogP contribution in [-0.4, -0.2) is 45.7 Å². The highest BCUT2D eigenvalue weighted by atomic mass is 32.2. The van der Waals surface area contributed by atoms with Crippen LogP contribution in [0.1, 0.15) is 54.7 Å². The Labute approximate surface area is 221 Å². The van der Waals surface area contributed by atoms with Crippen molar-refractivity contribution in [2.24, 2.45) is 0 Å². The Morgan fingerprint density at radius 2 is 1.76 bits per heavy atom. The lowest BCUT2D eigenvalue weighted by Gasteiger charge is -2.16. The van der Waals surface area contributed by atoms with E-state index < -0.39 is 35.7 Å². The van der Waals surface area contributed by atoms with Gasteiger partial charge in [0.2, 0.25) is 5.91 Å². The normalized spacial score (nSPS) is 15.2. The molecular weight excluding hydrogens is 492 g/mol. The summed E-state index contributed by atoms with van der Waals surface area (Å²) in [5.41, 5.74) is 3.00. The highest BCUT2D eigenvalue weighted by Crippen LogP contribution is 2.32. The Hall–Kier alpha value is -3.85. The van der Waals surface area contributed by atoms with E-state index in [4.69, 9.17) is 4.74 Å². The maximum atomic E-state index is 12.8. The smallest absolute Gasteiger partial charge is 0.335 e. The first-order chi connectivity index (χ1) is 17.6. The molecule has 2 aromatic rings. The number of allylic oxidation sites excluding steroid dienone is 1. The molecule has 3 amide bonds. The number of anilines is 1. The summed E-state index contributed by atoms with van der Waals surface area (Å²) < 4.78 is 5.93. The van der Waals surface area contributed by atoms with Gasteiger partial charge in [-0.05, 0) is 75.4 Å². The Morgan fingerprint density at radius 1 is 1.11 bits per heavy atom. The fourth-order valence-electron chi connectivity index (χ4n) is 3.39. The average Bonchev–Trinajstić information content (AvgIpc) is 3.12. The van der Waals surface area contributed by atoms with Gasteiger partial charge in [0.25, 0.3) is 11.1 Å². The topological polar surface area (TPSA) is 113 Å². The molecule has 1 fully saturated rings. The lowest BCUT2D eigenvalue weighted by atomic mass is 10.0. The van der Waals surface area contributed by atoms with E-state index >= 15 is 0 Å². The Kier molecular flexibility index (Phi) is 10.7. The van der Waals surface area contributed by atoms with Crippen LogP contribution in [0.15, 0.2) is 59.5 Å². The number of rotatable bonds is 8. The van der Waals surface area contributed by atoms with E-state index in [1.807, 2.05) is 32.9 Å². The number of hydrogen-bond donors (Lipinski definition) is 2. The number of hydrogen-bond acceptors (Lipinski definition) is 6. The standard InChI is InChI=1S/C26H26N2O6S.C2H6/c1-5-21(18-9-8-16(3)20(13-18)25(31)32)34-17(4)12-22-24(30)28(26(33)35-22)14-23(29)27-19-10-6-15(2)7-11-19;1-2/h5-13,17H,14H2,1-4H3,(H,27,29)(H,31,32);1-2H3/b21-5-,22-12+;. The highest BCUT2D eigenvalue weighted by molar-refractivity contribution is 8.18. The van der Waals surface area contributed by atoms with Crippen molar-refractivity contribution in [1.29, 1.82) is 0 Å². The van der Waals surface area contributed by atoms with Gasteiger partial charge in [-0.15, -0.1) is 0 Å². The second-order valence-electron chi connectivity index (χ2n) is 8.02. The van der Waals surface area contributed by atoms with E-state index in [1.54, 1.807) is 51.1 Å². The second kappa shape index (κ2) is 13.5. The molecule has 37 heavy (non-hydrogen) atoms. The minimum Gasteiger partial charge on any atom is -0.486 e. The molecule has 0 aromatic heterocycles. The van der Waals surface area contributed by atoms with Crippen LogP contribution in [0.3, 0.4) is 0 Å². The number of aryl methyl sites for hydroxylation is 2. The number of carbonyl (C=O) groups is 4. The fraction of sp³-hybridized carbons (Fsp3) is 0.286. The number of ether oxygens (including phenoxy) is 1. The maximum Gasteiger partial charge on any atom is 0.335 e. The summed E-state index contributed by atoms with van der Waals surface area (Å²) >= 11 is 0.741. The van der Waals surface area contributed by atoms with Crippen molar-refractivity contribution >= 4 is 46.2 Å². The quantitative estimate of drug-likeness (QED) is 0.321. The van der Waals surface area contributed by atoms with Crippen LogP contribution in [-0.2, 0) is 14.3 Å².